The highest BCUT2D eigenvalue weighted by molar-refractivity contribution is 7.91. The molecule has 0 amide bonds. The number of aryl methyl sites for hydroxylation is 1. The van der Waals surface area contributed by atoms with Gasteiger partial charge in [-0.3, -0.25) is 4.79 Å². The summed E-state index contributed by atoms with van der Waals surface area (Å²) < 4.78 is 71.8. The number of para-hydroxylation sites is 1. The maximum Gasteiger partial charge on any atom is 0.311 e. The molecule has 0 saturated heterocycles. The van der Waals surface area contributed by atoms with Crippen LogP contribution in [0.1, 0.15) is 36.5 Å². The van der Waals surface area contributed by atoms with E-state index in [9.17, 15) is 21.6 Å². The molecule has 4 aromatic rings. The minimum Gasteiger partial charge on any atom is -0.493 e. The monoisotopic (exact) mass is 652 g/mol. The first-order valence-electron chi connectivity index (χ1n) is 14.5. The topological polar surface area (TPSA) is 122 Å². The summed E-state index contributed by atoms with van der Waals surface area (Å²) in [6.45, 7) is 2.41. The van der Waals surface area contributed by atoms with Crippen LogP contribution in [0.5, 0.6) is 23.0 Å². The third-order valence-electron chi connectivity index (χ3n) is 6.61. The molecular weight excluding hydrogens is 616 g/mol. The zero-order chi connectivity index (χ0) is 32.3. The lowest BCUT2D eigenvalue weighted by atomic mass is 10.1. The molecule has 238 valence electrons. The molecule has 0 radical (unpaired) electrons. The van der Waals surface area contributed by atoms with Gasteiger partial charge in [-0.15, -0.1) is 0 Å². The minimum absolute atomic E-state index is 0.0149. The van der Waals surface area contributed by atoms with E-state index in [-0.39, 0.29) is 48.0 Å². The second-order valence-electron chi connectivity index (χ2n) is 10.3. The van der Waals surface area contributed by atoms with Crippen molar-refractivity contribution in [3.05, 3.63) is 114 Å². The van der Waals surface area contributed by atoms with Crippen molar-refractivity contribution < 1.29 is 40.0 Å². The molecule has 0 aliphatic heterocycles. The summed E-state index contributed by atoms with van der Waals surface area (Å²) in [6, 6.07) is 27.9. The number of esters is 1. The summed E-state index contributed by atoms with van der Waals surface area (Å²) >= 11 is 0. The fourth-order valence-electron chi connectivity index (χ4n) is 4.39. The molecule has 0 fully saturated rings. The predicted octanol–water partition coefficient (Wildman–Crippen LogP) is 5.95. The van der Waals surface area contributed by atoms with E-state index in [1.807, 2.05) is 61.5 Å². The van der Waals surface area contributed by atoms with Crippen LogP contribution in [-0.2, 0) is 44.2 Å². The second kappa shape index (κ2) is 15.6. The van der Waals surface area contributed by atoms with Crippen LogP contribution in [0, 0.1) is 0 Å². The number of rotatable bonds is 16. The van der Waals surface area contributed by atoms with Gasteiger partial charge in [0, 0.05) is 12.8 Å². The van der Waals surface area contributed by atoms with E-state index in [0.29, 0.717) is 30.1 Å². The second-order valence-corrected chi connectivity index (χ2v) is 14.0. The Morgan fingerprint density at radius 3 is 2.00 bits per heavy atom. The maximum absolute atomic E-state index is 13.6. The van der Waals surface area contributed by atoms with Crippen LogP contribution in [0.2, 0.25) is 0 Å². The van der Waals surface area contributed by atoms with E-state index in [4.69, 9.17) is 18.4 Å². The van der Waals surface area contributed by atoms with Crippen molar-refractivity contribution in [2.75, 3.05) is 18.6 Å². The maximum atomic E-state index is 13.6. The summed E-state index contributed by atoms with van der Waals surface area (Å²) in [5, 5.41) is 0. The fourth-order valence-corrected chi connectivity index (χ4v) is 6.31. The van der Waals surface area contributed by atoms with Crippen molar-refractivity contribution in [2.45, 2.75) is 44.1 Å². The number of carbonyl (C=O) groups is 1. The van der Waals surface area contributed by atoms with Gasteiger partial charge >= 0.3 is 16.1 Å². The van der Waals surface area contributed by atoms with Crippen molar-refractivity contribution in [1.82, 2.24) is 0 Å². The molecular formula is C34H36O9S2. The van der Waals surface area contributed by atoms with Gasteiger partial charge in [-0.05, 0) is 72.0 Å². The van der Waals surface area contributed by atoms with Crippen LogP contribution < -0.4 is 18.4 Å². The average molecular weight is 653 g/mol. The quantitative estimate of drug-likeness (QED) is 0.0821. The molecule has 0 aliphatic rings. The fraction of sp³-hybridized carbons (Fsp3) is 0.265. The van der Waals surface area contributed by atoms with E-state index in [0.717, 1.165) is 17.4 Å². The number of carbonyl (C=O) groups excluding carboxylic acids is 1. The van der Waals surface area contributed by atoms with E-state index < -0.39 is 25.9 Å². The molecule has 0 N–H and O–H groups in total. The van der Waals surface area contributed by atoms with Crippen LogP contribution >= 0.6 is 0 Å². The third kappa shape index (κ3) is 10.6. The Hall–Kier alpha value is -4.35. The first-order chi connectivity index (χ1) is 21.5. The van der Waals surface area contributed by atoms with Gasteiger partial charge in [-0.2, -0.15) is 8.42 Å². The number of benzene rings is 4. The molecule has 4 rings (SSSR count). The summed E-state index contributed by atoms with van der Waals surface area (Å²) in [7, 11) is -7.49. The van der Waals surface area contributed by atoms with Gasteiger partial charge < -0.3 is 18.4 Å². The van der Waals surface area contributed by atoms with Crippen LogP contribution in [0.15, 0.2) is 102 Å². The lowest BCUT2D eigenvalue weighted by Gasteiger charge is -2.16. The van der Waals surface area contributed by atoms with E-state index in [2.05, 4.69) is 0 Å². The van der Waals surface area contributed by atoms with Gasteiger partial charge in [0.05, 0.1) is 18.6 Å². The largest absolute Gasteiger partial charge is 0.493 e. The van der Waals surface area contributed by atoms with Crippen molar-refractivity contribution >= 4 is 25.9 Å². The van der Waals surface area contributed by atoms with Crippen LogP contribution in [-0.4, -0.2) is 41.4 Å². The zero-order valence-corrected chi connectivity index (χ0v) is 26.8. The molecule has 0 bridgehead atoms. The molecule has 4 aromatic carbocycles. The molecule has 0 heterocycles. The molecule has 11 heteroatoms. The average Bonchev–Trinajstić information content (AvgIpc) is 3.01. The number of sulfone groups is 1. The standard InChI is InChI=1S/C34H36O9S2/c1-3-8-33(35)42-34-28(21-23-40-29-17-19-31(20-18-29)43-44(2,36)37)11-7-12-32(34)45(38,39)24-22-26-13-15-30(16-14-26)41-25-27-9-5-4-6-10-27/h4-7,9-20H,3,8,21-25H2,1-2H3. The number of hydrogen-bond donors (Lipinski definition) is 0. The molecule has 9 nitrogen and oxygen atoms in total. The SMILES string of the molecule is CCCC(=O)Oc1c(CCOc2ccc(OS(C)(=O)=O)cc2)cccc1S(=O)(=O)CCc1ccc(OCc2ccccc2)cc1. The van der Waals surface area contributed by atoms with Crippen LogP contribution in [0.4, 0.5) is 0 Å². The molecule has 0 aliphatic carbocycles. The molecule has 0 spiro atoms. The van der Waals surface area contributed by atoms with Gasteiger partial charge in [-0.25, -0.2) is 8.42 Å². The Labute approximate surface area is 264 Å². The predicted molar refractivity (Wildman–Crippen MR) is 171 cm³/mol. The van der Waals surface area contributed by atoms with Gasteiger partial charge in [0.1, 0.15) is 28.8 Å². The van der Waals surface area contributed by atoms with Crippen molar-refractivity contribution in [1.29, 1.82) is 0 Å². The molecule has 0 atom stereocenters. The summed E-state index contributed by atoms with van der Waals surface area (Å²) in [5.41, 5.74) is 2.39. The Morgan fingerprint density at radius 1 is 0.689 bits per heavy atom. The van der Waals surface area contributed by atoms with Gasteiger partial charge in [0.2, 0.25) is 0 Å². The lowest BCUT2D eigenvalue weighted by Crippen LogP contribution is -2.16. The Morgan fingerprint density at radius 2 is 1.33 bits per heavy atom. The number of hydrogen-bond acceptors (Lipinski definition) is 9. The Kier molecular flexibility index (Phi) is 11.6. The van der Waals surface area contributed by atoms with Crippen molar-refractivity contribution in [3.8, 4) is 23.0 Å². The number of ether oxygens (including phenoxy) is 3. The molecule has 0 aromatic heterocycles. The van der Waals surface area contributed by atoms with Crippen molar-refractivity contribution in [2.24, 2.45) is 0 Å². The molecule has 0 saturated carbocycles. The van der Waals surface area contributed by atoms with Crippen molar-refractivity contribution in [3.63, 3.8) is 0 Å². The minimum atomic E-state index is -3.84. The van der Waals surface area contributed by atoms with Gasteiger partial charge in [-0.1, -0.05) is 61.5 Å². The highest BCUT2D eigenvalue weighted by Gasteiger charge is 2.24. The lowest BCUT2D eigenvalue weighted by molar-refractivity contribution is -0.134. The first-order valence-corrected chi connectivity index (χ1v) is 17.9. The Balaban J connectivity index is 1.43. The van der Waals surface area contributed by atoms with E-state index in [1.54, 1.807) is 24.3 Å². The summed E-state index contributed by atoms with van der Waals surface area (Å²) in [6.07, 6.45) is 2.17. The third-order valence-corrected chi connectivity index (χ3v) is 8.84. The van der Waals surface area contributed by atoms with Gasteiger partial charge in [0.15, 0.2) is 15.6 Å². The molecule has 0 unspecified atom stereocenters. The normalized spacial score (nSPS) is 11.5. The van der Waals surface area contributed by atoms with Crippen LogP contribution in [0.3, 0.4) is 0 Å². The zero-order valence-electron chi connectivity index (χ0n) is 25.2. The summed E-state index contributed by atoms with van der Waals surface area (Å²) in [5.74, 6) is 0.609. The van der Waals surface area contributed by atoms with Crippen LogP contribution in [0.25, 0.3) is 0 Å². The van der Waals surface area contributed by atoms with E-state index in [1.165, 1.54) is 18.2 Å². The molecule has 45 heavy (non-hydrogen) atoms. The van der Waals surface area contributed by atoms with E-state index >= 15 is 0 Å². The highest BCUT2D eigenvalue weighted by Crippen LogP contribution is 2.31. The first kappa shape index (κ1) is 33.5. The summed E-state index contributed by atoms with van der Waals surface area (Å²) in [4.78, 5) is 12.5. The highest BCUT2D eigenvalue weighted by atomic mass is 32.2. The van der Waals surface area contributed by atoms with Gasteiger partial charge in [0.25, 0.3) is 0 Å². The smallest absolute Gasteiger partial charge is 0.311 e. The Bertz CT molecular complexity index is 1770.